The van der Waals surface area contributed by atoms with E-state index in [1.165, 1.54) is 19.3 Å². The van der Waals surface area contributed by atoms with Gasteiger partial charge in [0.15, 0.2) is 0 Å². The van der Waals surface area contributed by atoms with E-state index in [0.29, 0.717) is 12.4 Å². The van der Waals surface area contributed by atoms with E-state index in [1.807, 2.05) is 41.8 Å². The maximum atomic E-state index is 12.4. The van der Waals surface area contributed by atoms with Crippen LogP contribution in [-0.4, -0.2) is 38.5 Å². The number of rotatable bonds is 5. The summed E-state index contributed by atoms with van der Waals surface area (Å²) in [6.07, 6.45) is 5.39. The van der Waals surface area contributed by atoms with Gasteiger partial charge in [0.2, 0.25) is 5.91 Å². The summed E-state index contributed by atoms with van der Waals surface area (Å²) in [5, 5.41) is 2.93. The van der Waals surface area contributed by atoms with Gasteiger partial charge >= 0.3 is 0 Å². The fraction of sp³-hybridized carbons (Fsp3) is 0.400. The number of piperidine rings is 1. The zero-order valence-corrected chi connectivity index (χ0v) is 15.6. The van der Waals surface area contributed by atoms with Gasteiger partial charge in [0.05, 0.1) is 23.9 Å². The molecular formula is C20H24N6O. The lowest BCUT2D eigenvalue weighted by atomic mass is 10.1. The van der Waals surface area contributed by atoms with E-state index < -0.39 is 0 Å². The highest BCUT2D eigenvalue weighted by Crippen LogP contribution is 2.18. The number of carbonyl (C=O) groups excluding carboxylic acids is 1. The standard InChI is InChI=1S/C20H24N6O/c1-15-11-19(25-9-5-2-6-10-25)24-18(23-15)12-21-20(27)13-26-14-22-16-7-3-4-8-17(16)26/h3-4,7-8,11,14H,2,5-6,9-10,12-13H2,1H3,(H,21,27). The van der Waals surface area contributed by atoms with Gasteiger partial charge in [-0.2, -0.15) is 0 Å². The molecule has 0 unspecified atom stereocenters. The van der Waals surface area contributed by atoms with Crippen LogP contribution in [0.5, 0.6) is 0 Å². The average molecular weight is 364 g/mol. The molecule has 4 rings (SSSR count). The molecule has 7 nitrogen and oxygen atoms in total. The third-order valence-corrected chi connectivity index (χ3v) is 4.85. The van der Waals surface area contributed by atoms with Crippen molar-refractivity contribution >= 4 is 22.8 Å². The molecule has 1 aliphatic rings. The van der Waals surface area contributed by atoms with Gasteiger partial charge in [-0.25, -0.2) is 15.0 Å². The predicted molar refractivity (Wildman–Crippen MR) is 104 cm³/mol. The molecule has 1 N–H and O–H groups in total. The van der Waals surface area contributed by atoms with Crippen LogP contribution in [0.3, 0.4) is 0 Å². The van der Waals surface area contributed by atoms with Crippen molar-refractivity contribution in [3.05, 3.63) is 48.2 Å². The lowest BCUT2D eigenvalue weighted by molar-refractivity contribution is -0.121. The normalized spacial score (nSPS) is 14.5. The fourth-order valence-corrected chi connectivity index (χ4v) is 3.50. The van der Waals surface area contributed by atoms with Gasteiger partial charge in [-0.3, -0.25) is 4.79 Å². The van der Waals surface area contributed by atoms with Crippen molar-refractivity contribution in [2.24, 2.45) is 0 Å². The first kappa shape index (κ1) is 17.5. The molecule has 0 saturated carbocycles. The molecule has 1 fully saturated rings. The molecule has 0 bridgehead atoms. The Morgan fingerprint density at radius 2 is 1.96 bits per heavy atom. The highest BCUT2D eigenvalue weighted by Gasteiger charge is 2.14. The van der Waals surface area contributed by atoms with Crippen LogP contribution in [0, 0.1) is 6.92 Å². The number of aryl methyl sites for hydroxylation is 1. The first-order valence-electron chi connectivity index (χ1n) is 9.45. The number of imidazole rings is 1. The number of hydrogen-bond acceptors (Lipinski definition) is 5. The second-order valence-corrected chi connectivity index (χ2v) is 6.97. The molecule has 7 heteroatoms. The molecule has 3 heterocycles. The number of nitrogens with one attached hydrogen (secondary N) is 1. The SMILES string of the molecule is Cc1cc(N2CCCCC2)nc(CNC(=O)Cn2cnc3ccccc32)n1. The van der Waals surface area contributed by atoms with Crippen molar-refractivity contribution in [1.82, 2.24) is 24.8 Å². The fourth-order valence-electron chi connectivity index (χ4n) is 3.50. The van der Waals surface area contributed by atoms with Gasteiger partial charge in [0, 0.05) is 24.8 Å². The molecule has 1 aromatic carbocycles. The van der Waals surface area contributed by atoms with Crippen molar-refractivity contribution < 1.29 is 4.79 Å². The monoisotopic (exact) mass is 364 g/mol. The molecule has 1 amide bonds. The van der Waals surface area contributed by atoms with E-state index >= 15 is 0 Å². The number of nitrogens with zero attached hydrogens (tertiary/aromatic N) is 5. The molecule has 140 valence electrons. The van der Waals surface area contributed by atoms with E-state index in [2.05, 4.69) is 25.2 Å². The first-order valence-corrected chi connectivity index (χ1v) is 9.45. The van der Waals surface area contributed by atoms with Gasteiger partial charge < -0.3 is 14.8 Å². The summed E-state index contributed by atoms with van der Waals surface area (Å²) in [5.74, 6) is 1.54. The smallest absolute Gasteiger partial charge is 0.240 e. The largest absolute Gasteiger partial charge is 0.357 e. The summed E-state index contributed by atoms with van der Waals surface area (Å²) in [5.41, 5.74) is 2.76. The second-order valence-electron chi connectivity index (χ2n) is 6.97. The number of amides is 1. The predicted octanol–water partition coefficient (Wildman–Crippen LogP) is 2.44. The number of hydrogen-bond donors (Lipinski definition) is 1. The molecule has 3 aromatic rings. The summed E-state index contributed by atoms with van der Waals surface area (Å²) >= 11 is 0. The minimum absolute atomic E-state index is 0.0808. The molecule has 1 saturated heterocycles. The van der Waals surface area contributed by atoms with Crippen molar-refractivity contribution in [2.45, 2.75) is 39.3 Å². The third kappa shape index (κ3) is 4.07. The number of para-hydroxylation sites is 2. The van der Waals surface area contributed by atoms with E-state index in [-0.39, 0.29) is 12.5 Å². The quantitative estimate of drug-likeness (QED) is 0.753. The Hall–Kier alpha value is -2.96. The van der Waals surface area contributed by atoms with Crippen LogP contribution in [0.25, 0.3) is 11.0 Å². The molecule has 0 atom stereocenters. The van der Waals surface area contributed by atoms with Crippen LogP contribution < -0.4 is 10.2 Å². The minimum Gasteiger partial charge on any atom is -0.357 e. The Kier molecular flexibility index (Phi) is 5.00. The van der Waals surface area contributed by atoms with Gasteiger partial charge in [0.1, 0.15) is 18.2 Å². The maximum Gasteiger partial charge on any atom is 0.240 e. The molecular weight excluding hydrogens is 340 g/mol. The van der Waals surface area contributed by atoms with Gasteiger partial charge in [-0.05, 0) is 38.3 Å². The van der Waals surface area contributed by atoms with Crippen LogP contribution in [-0.2, 0) is 17.9 Å². The number of carbonyl (C=O) groups is 1. The molecule has 1 aliphatic heterocycles. The Morgan fingerprint density at radius 3 is 2.81 bits per heavy atom. The molecule has 0 aliphatic carbocycles. The van der Waals surface area contributed by atoms with Gasteiger partial charge in [-0.1, -0.05) is 12.1 Å². The van der Waals surface area contributed by atoms with E-state index in [0.717, 1.165) is 35.6 Å². The van der Waals surface area contributed by atoms with Crippen LogP contribution in [0.4, 0.5) is 5.82 Å². The summed E-state index contributed by atoms with van der Waals surface area (Å²) in [6.45, 7) is 4.60. The summed E-state index contributed by atoms with van der Waals surface area (Å²) in [7, 11) is 0. The topological polar surface area (TPSA) is 75.9 Å². The van der Waals surface area contributed by atoms with Crippen LogP contribution >= 0.6 is 0 Å². The number of benzene rings is 1. The van der Waals surface area contributed by atoms with Crippen molar-refractivity contribution in [2.75, 3.05) is 18.0 Å². The molecule has 0 radical (unpaired) electrons. The van der Waals surface area contributed by atoms with E-state index in [9.17, 15) is 4.79 Å². The van der Waals surface area contributed by atoms with E-state index in [1.54, 1.807) is 6.33 Å². The lowest BCUT2D eigenvalue weighted by Gasteiger charge is -2.28. The van der Waals surface area contributed by atoms with Crippen molar-refractivity contribution in [3.63, 3.8) is 0 Å². The van der Waals surface area contributed by atoms with Crippen LogP contribution in [0.15, 0.2) is 36.7 Å². The summed E-state index contributed by atoms with van der Waals surface area (Å²) in [4.78, 5) is 28.1. The Balaban J connectivity index is 1.40. The van der Waals surface area contributed by atoms with Crippen molar-refractivity contribution in [1.29, 1.82) is 0 Å². The zero-order valence-electron chi connectivity index (χ0n) is 15.6. The van der Waals surface area contributed by atoms with Crippen molar-refractivity contribution in [3.8, 4) is 0 Å². The van der Waals surface area contributed by atoms with E-state index in [4.69, 9.17) is 0 Å². The highest BCUT2D eigenvalue weighted by atomic mass is 16.1. The third-order valence-electron chi connectivity index (χ3n) is 4.85. The average Bonchev–Trinajstić information content (AvgIpc) is 3.10. The first-order chi connectivity index (χ1) is 13.2. The maximum absolute atomic E-state index is 12.4. The number of fused-ring (bicyclic) bond motifs is 1. The van der Waals surface area contributed by atoms with Gasteiger partial charge in [0.25, 0.3) is 0 Å². The lowest BCUT2D eigenvalue weighted by Crippen LogP contribution is -2.31. The molecule has 2 aromatic heterocycles. The van der Waals surface area contributed by atoms with Crippen LogP contribution in [0.1, 0.15) is 30.8 Å². The Labute approximate surface area is 158 Å². The summed E-state index contributed by atoms with van der Waals surface area (Å²) < 4.78 is 1.85. The zero-order chi connectivity index (χ0) is 18.6. The molecule has 0 spiro atoms. The highest BCUT2D eigenvalue weighted by molar-refractivity contribution is 5.80. The van der Waals surface area contributed by atoms with Crippen LogP contribution in [0.2, 0.25) is 0 Å². The minimum atomic E-state index is -0.0808. The Bertz CT molecular complexity index is 945. The Morgan fingerprint density at radius 1 is 1.15 bits per heavy atom. The van der Waals surface area contributed by atoms with Gasteiger partial charge in [-0.15, -0.1) is 0 Å². The second kappa shape index (κ2) is 7.73. The number of anilines is 1. The number of aromatic nitrogens is 4. The summed E-state index contributed by atoms with van der Waals surface area (Å²) in [6, 6.07) is 9.81. The molecule has 27 heavy (non-hydrogen) atoms.